The normalized spacial score (nSPS) is 27.5. The highest BCUT2D eigenvalue weighted by Crippen LogP contribution is 2.20. The number of hydrogen-bond donors (Lipinski definition) is 0. The molecule has 108 valence electrons. The van der Waals surface area contributed by atoms with Crippen molar-refractivity contribution in [3.8, 4) is 0 Å². The Balaban J connectivity index is 1.91. The molecule has 3 heteroatoms. The lowest BCUT2D eigenvalue weighted by Gasteiger charge is -2.37. The summed E-state index contributed by atoms with van der Waals surface area (Å²) >= 11 is 0. The van der Waals surface area contributed by atoms with E-state index in [0.29, 0.717) is 18.2 Å². The van der Waals surface area contributed by atoms with E-state index in [1.54, 1.807) is 0 Å². The first-order chi connectivity index (χ1) is 9.16. The van der Waals surface area contributed by atoms with Gasteiger partial charge < -0.3 is 9.80 Å². The molecule has 2 aliphatic rings. The van der Waals surface area contributed by atoms with Crippen LogP contribution in [0.3, 0.4) is 0 Å². The molecule has 19 heavy (non-hydrogen) atoms. The zero-order valence-corrected chi connectivity index (χ0v) is 12.5. The van der Waals surface area contributed by atoms with Crippen LogP contribution >= 0.6 is 0 Å². The molecule has 2 rings (SSSR count). The number of rotatable bonds is 3. The summed E-state index contributed by atoms with van der Waals surface area (Å²) in [5.74, 6) is 0.397. The average molecular weight is 264 g/mol. The minimum absolute atomic E-state index is 0.397. The van der Waals surface area contributed by atoms with Gasteiger partial charge in [0.1, 0.15) is 0 Å². The molecular formula is C16H28N2O. The predicted molar refractivity (Wildman–Crippen MR) is 79.3 cm³/mol. The Hall–Kier alpha value is -0.670. The van der Waals surface area contributed by atoms with Crippen LogP contribution in [0, 0.1) is 0 Å². The minimum atomic E-state index is 0.397. The summed E-state index contributed by atoms with van der Waals surface area (Å²) in [7, 11) is 4.30. The summed E-state index contributed by atoms with van der Waals surface area (Å²) in [6, 6.07) is 0.401. The summed E-state index contributed by atoms with van der Waals surface area (Å²) < 4.78 is 0. The van der Waals surface area contributed by atoms with Gasteiger partial charge in [-0.1, -0.05) is 18.9 Å². The Bertz CT molecular complexity index is 338. The molecule has 1 unspecified atom stereocenters. The highest BCUT2D eigenvalue weighted by atomic mass is 16.1. The minimum Gasteiger partial charge on any atom is -0.304 e. The third-order valence-corrected chi connectivity index (χ3v) is 4.55. The zero-order valence-electron chi connectivity index (χ0n) is 12.5. The maximum absolute atomic E-state index is 12.5. The van der Waals surface area contributed by atoms with E-state index >= 15 is 0 Å². The first-order valence-electron chi connectivity index (χ1n) is 7.78. The summed E-state index contributed by atoms with van der Waals surface area (Å²) in [6.45, 7) is 3.22. The second-order valence-electron chi connectivity index (χ2n) is 6.21. The number of ketones is 1. The molecule has 0 amide bonds. The van der Waals surface area contributed by atoms with Crippen LogP contribution in [0.15, 0.2) is 11.6 Å². The predicted octanol–water partition coefficient (Wildman–Crippen LogP) is 2.47. The highest BCUT2D eigenvalue weighted by molar-refractivity contribution is 5.95. The molecule has 1 atom stereocenters. The van der Waals surface area contributed by atoms with E-state index < -0.39 is 0 Å². The van der Waals surface area contributed by atoms with Crippen LogP contribution < -0.4 is 0 Å². The fourth-order valence-corrected chi connectivity index (χ4v) is 3.11. The second-order valence-corrected chi connectivity index (χ2v) is 6.21. The lowest BCUT2D eigenvalue weighted by Crippen LogP contribution is -2.50. The molecule has 0 radical (unpaired) electrons. The molecule has 3 nitrogen and oxygen atoms in total. The van der Waals surface area contributed by atoms with Crippen molar-refractivity contribution in [1.82, 2.24) is 9.80 Å². The number of piperazine rings is 1. The van der Waals surface area contributed by atoms with Crippen LogP contribution in [0.2, 0.25) is 0 Å². The number of hydrogen-bond acceptors (Lipinski definition) is 3. The lowest BCUT2D eigenvalue weighted by molar-refractivity contribution is -0.117. The van der Waals surface area contributed by atoms with E-state index in [2.05, 4.69) is 30.0 Å². The van der Waals surface area contributed by atoms with Gasteiger partial charge in [-0.25, -0.2) is 0 Å². The van der Waals surface area contributed by atoms with E-state index in [-0.39, 0.29) is 0 Å². The van der Waals surface area contributed by atoms with E-state index in [4.69, 9.17) is 0 Å². The molecule has 1 heterocycles. The van der Waals surface area contributed by atoms with Gasteiger partial charge in [-0.05, 0) is 45.4 Å². The van der Waals surface area contributed by atoms with Crippen molar-refractivity contribution < 1.29 is 4.79 Å². The van der Waals surface area contributed by atoms with Crippen LogP contribution in [-0.2, 0) is 4.79 Å². The Labute approximate surface area is 117 Å². The van der Waals surface area contributed by atoms with Gasteiger partial charge in [0, 0.05) is 32.1 Å². The quantitative estimate of drug-likeness (QED) is 0.782. The zero-order chi connectivity index (χ0) is 13.7. The van der Waals surface area contributed by atoms with Gasteiger partial charge in [-0.2, -0.15) is 0 Å². The van der Waals surface area contributed by atoms with Crippen molar-refractivity contribution >= 4 is 5.78 Å². The van der Waals surface area contributed by atoms with Crippen LogP contribution in [0.5, 0.6) is 0 Å². The van der Waals surface area contributed by atoms with Gasteiger partial charge >= 0.3 is 0 Å². The van der Waals surface area contributed by atoms with Gasteiger partial charge in [0.05, 0.1) is 0 Å². The van der Waals surface area contributed by atoms with Crippen molar-refractivity contribution in [3.05, 3.63) is 11.6 Å². The smallest absolute Gasteiger partial charge is 0.160 e. The standard InChI is InChI=1S/C16H28N2O/c1-17-10-11-18(2)15(13-17)12-16(19)14-8-6-4-3-5-7-9-14/h8,15H,3-7,9-13H2,1-2H3. The third kappa shape index (κ3) is 4.43. The monoisotopic (exact) mass is 264 g/mol. The van der Waals surface area contributed by atoms with Crippen molar-refractivity contribution in [2.24, 2.45) is 0 Å². The fourth-order valence-electron chi connectivity index (χ4n) is 3.11. The molecule has 1 aliphatic carbocycles. The Morgan fingerprint density at radius 3 is 2.84 bits per heavy atom. The number of allylic oxidation sites excluding steroid dienone is 2. The molecular weight excluding hydrogens is 236 g/mol. The van der Waals surface area contributed by atoms with E-state index in [1.165, 1.54) is 25.7 Å². The van der Waals surface area contributed by atoms with E-state index in [9.17, 15) is 4.79 Å². The van der Waals surface area contributed by atoms with Gasteiger partial charge in [0.25, 0.3) is 0 Å². The largest absolute Gasteiger partial charge is 0.304 e. The SMILES string of the molecule is CN1CCN(C)C(CC(=O)C2=CCCCCCC2)C1. The summed E-state index contributed by atoms with van der Waals surface area (Å²) in [5, 5.41) is 0. The topological polar surface area (TPSA) is 23.6 Å². The van der Waals surface area contributed by atoms with E-state index in [0.717, 1.165) is 38.0 Å². The highest BCUT2D eigenvalue weighted by Gasteiger charge is 2.25. The Kier molecular flexibility index (Phi) is 5.59. The lowest BCUT2D eigenvalue weighted by atomic mass is 9.93. The van der Waals surface area contributed by atoms with Crippen molar-refractivity contribution in [2.75, 3.05) is 33.7 Å². The van der Waals surface area contributed by atoms with Gasteiger partial charge in [-0.15, -0.1) is 0 Å². The number of Topliss-reactive ketones (excluding diaryl/α,β-unsaturated/α-hetero) is 1. The average Bonchev–Trinajstić information content (AvgIpc) is 2.33. The maximum atomic E-state index is 12.5. The second kappa shape index (κ2) is 7.20. The summed E-state index contributed by atoms with van der Waals surface area (Å²) in [6.07, 6.45) is 10.1. The molecule has 1 saturated heterocycles. The van der Waals surface area contributed by atoms with Gasteiger partial charge in [-0.3, -0.25) is 4.79 Å². The van der Waals surface area contributed by atoms with Crippen LogP contribution in [0.1, 0.15) is 44.9 Å². The molecule has 1 aliphatic heterocycles. The molecule has 1 fully saturated rings. The maximum Gasteiger partial charge on any atom is 0.160 e. The Morgan fingerprint density at radius 2 is 2.00 bits per heavy atom. The van der Waals surface area contributed by atoms with Crippen molar-refractivity contribution in [3.63, 3.8) is 0 Å². The molecule has 0 bridgehead atoms. The van der Waals surface area contributed by atoms with Crippen molar-refractivity contribution in [1.29, 1.82) is 0 Å². The summed E-state index contributed by atoms with van der Waals surface area (Å²) in [4.78, 5) is 17.2. The van der Waals surface area contributed by atoms with Crippen LogP contribution in [0.25, 0.3) is 0 Å². The number of likely N-dealkylation sites (N-methyl/N-ethyl adjacent to an activating group) is 2. The molecule has 0 N–H and O–H groups in total. The number of nitrogens with zero attached hydrogens (tertiary/aromatic N) is 2. The first-order valence-corrected chi connectivity index (χ1v) is 7.78. The van der Waals surface area contributed by atoms with E-state index in [1.807, 2.05) is 0 Å². The van der Waals surface area contributed by atoms with Gasteiger partial charge in [0.15, 0.2) is 5.78 Å². The Morgan fingerprint density at radius 1 is 1.21 bits per heavy atom. The van der Waals surface area contributed by atoms with Crippen LogP contribution in [0.4, 0.5) is 0 Å². The van der Waals surface area contributed by atoms with Crippen molar-refractivity contribution in [2.45, 2.75) is 51.0 Å². The molecule has 0 spiro atoms. The third-order valence-electron chi connectivity index (χ3n) is 4.55. The fraction of sp³-hybridized carbons (Fsp3) is 0.812. The number of carbonyl (C=O) groups is 1. The van der Waals surface area contributed by atoms with Gasteiger partial charge in [0.2, 0.25) is 0 Å². The molecule has 0 aromatic rings. The summed E-state index contributed by atoms with van der Waals surface area (Å²) in [5.41, 5.74) is 1.11. The molecule has 0 aromatic heterocycles. The first kappa shape index (κ1) is 14.7. The van der Waals surface area contributed by atoms with Crippen LogP contribution in [-0.4, -0.2) is 55.4 Å². The number of carbonyl (C=O) groups excluding carboxylic acids is 1. The molecule has 0 aromatic carbocycles. The molecule has 0 saturated carbocycles.